The molecule has 0 aromatic carbocycles. The minimum atomic E-state index is -0.154. The van der Waals surface area contributed by atoms with Gasteiger partial charge >= 0.3 is 0 Å². The SMILES string of the molecule is CCCNC(C)(CO)CC(C)N1CCC(COC)CC1. The van der Waals surface area contributed by atoms with Crippen molar-refractivity contribution < 1.29 is 9.84 Å². The van der Waals surface area contributed by atoms with Crippen LogP contribution in [-0.2, 0) is 4.74 Å². The molecule has 1 saturated heterocycles. The molecule has 0 aromatic heterocycles. The third-order valence-electron chi connectivity index (χ3n) is 4.57. The van der Waals surface area contributed by atoms with Crippen molar-refractivity contribution in [3.63, 3.8) is 0 Å². The topological polar surface area (TPSA) is 44.7 Å². The number of nitrogens with one attached hydrogen (secondary N) is 1. The Morgan fingerprint density at radius 2 is 2.05 bits per heavy atom. The Balaban J connectivity index is 2.40. The van der Waals surface area contributed by atoms with E-state index in [1.807, 2.05) is 0 Å². The van der Waals surface area contributed by atoms with Crippen molar-refractivity contribution in [3.8, 4) is 0 Å². The molecule has 4 nitrogen and oxygen atoms in total. The average molecular weight is 286 g/mol. The number of hydrogen-bond acceptors (Lipinski definition) is 4. The van der Waals surface area contributed by atoms with Crippen molar-refractivity contribution >= 4 is 0 Å². The number of likely N-dealkylation sites (tertiary alicyclic amines) is 1. The highest BCUT2D eigenvalue weighted by Gasteiger charge is 2.29. The summed E-state index contributed by atoms with van der Waals surface area (Å²) in [7, 11) is 1.79. The highest BCUT2D eigenvalue weighted by molar-refractivity contribution is 4.88. The summed E-state index contributed by atoms with van der Waals surface area (Å²) in [4.78, 5) is 2.56. The van der Waals surface area contributed by atoms with E-state index in [1.54, 1.807) is 7.11 Å². The molecule has 0 aliphatic carbocycles. The molecular formula is C16H34N2O2. The molecule has 1 aliphatic heterocycles. The molecule has 1 heterocycles. The molecular weight excluding hydrogens is 252 g/mol. The van der Waals surface area contributed by atoms with Crippen LogP contribution < -0.4 is 5.32 Å². The summed E-state index contributed by atoms with van der Waals surface area (Å²) in [5.41, 5.74) is -0.154. The molecule has 2 atom stereocenters. The maximum atomic E-state index is 9.67. The molecule has 0 spiro atoms. The second kappa shape index (κ2) is 8.98. The molecule has 0 amide bonds. The van der Waals surface area contributed by atoms with Crippen molar-refractivity contribution in [3.05, 3.63) is 0 Å². The molecule has 20 heavy (non-hydrogen) atoms. The number of aliphatic hydroxyl groups excluding tert-OH is 1. The maximum absolute atomic E-state index is 9.67. The van der Waals surface area contributed by atoms with Crippen molar-refractivity contribution in [2.75, 3.05) is 40.0 Å². The van der Waals surface area contributed by atoms with Crippen LogP contribution in [0.4, 0.5) is 0 Å². The Labute approximate surface area is 124 Å². The van der Waals surface area contributed by atoms with Crippen LogP contribution in [-0.4, -0.2) is 61.5 Å². The first-order valence-electron chi connectivity index (χ1n) is 8.13. The molecule has 120 valence electrons. The molecule has 0 aromatic rings. The Hall–Kier alpha value is -0.160. The third-order valence-corrected chi connectivity index (χ3v) is 4.57. The molecule has 0 bridgehead atoms. The quantitative estimate of drug-likeness (QED) is 0.679. The van der Waals surface area contributed by atoms with Gasteiger partial charge in [-0.3, -0.25) is 0 Å². The second-order valence-electron chi connectivity index (χ2n) is 6.63. The fourth-order valence-electron chi connectivity index (χ4n) is 3.20. The normalized spacial score (nSPS) is 22.6. The highest BCUT2D eigenvalue weighted by atomic mass is 16.5. The number of piperidine rings is 1. The fraction of sp³-hybridized carbons (Fsp3) is 1.00. The third kappa shape index (κ3) is 5.68. The van der Waals surface area contributed by atoms with Gasteiger partial charge in [0.2, 0.25) is 0 Å². The van der Waals surface area contributed by atoms with Crippen molar-refractivity contribution in [1.82, 2.24) is 10.2 Å². The molecule has 4 heteroatoms. The van der Waals surface area contributed by atoms with E-state index in [-0.39, 0.29) is 12.1 Å². The van der Waals surface area contributed by atoms with Gasteiger partial charge in [-0.1, -0.05) is 6.92 Å². The van der Waals surface area contributed by atoms with Gasteiger partial charge in [-0.2, -0.15) is 0 Å². The Bertz CT molecular complexity index is 255. The standard InChI is InChI=1S/C16H34N2O2/c1-5-8-17-16(3,13-19)11-14(2)18-9-6-15(7-10-18)12-20-4/h14-15,17,19H,5-13H2,1-4H3. The molecule has 2 N–H and O–H groups in total. The number of ether oxygens (including phenoxy) is 1. The maximum Gasteiger partial charge on any atom is 0.0611 e. The van der Waals surface area contributed by atoms with Crippen molar-refractivity contribution in [2.45, 2.75) is 58.0 Å². The van der Waals surface area contributed by atoms with Crippen LogP contribution in [0.3, 0.4) is 0 Å². The predicted octanol–water partition coefficient (Wildman–Crippen LogP) is 1.87. The van der Waals surface area contributed by atoms with Gasteiger partial charge in [-0.25, -0.2) is 0 Å². The Morgan fingerprint density at radius 3 is 2.55 bits per heavy atom. The van der Waals surface area contributed by atoms with Gasteiger partial charge in [-0.05, 0) is 65.1 Å². The van der Waals surface area contributed by atoms with Gasteiger partial charge in [0.05, 0.1) is 6.61 Å². The lowest BCUT2D eigenvalue weighted by atomic mass is 9.91. The van der Waals surface area contributed by atoms with E-state index < -0.39 is 0 Å². The van der Waals surface area contributed by atoms with Gasteiger partial charge in [0.15, 0.2) is 0 Å². The zero-order chi connectivity index (χ0) is 15.0. The van der Waals surface area contributed by atoms with E-state index >= 15 is 0 Å². The summed E-state index contributed by atoms with van der Waals surface area (Å²) < 4.78 is 5.26. The predicted molar refractivity (Wildman–Crippen MR) is 84.0 cm³/mol. The lowest BCUT2D eigenvalue weighted by molar-refractivity contribution is 0.0643. The van der Waals surface area contributed by atoms with Gasteiger partial charge in [-0.15, -0.1) is 0 Å². The zero-order valence-electron chi connectivity index (χ0n) is 13.8. The number of methoxy groups -OCH3 is 1. The average Bonchev–Trinajstić information content (AvgIpc) is 2.46. The first-order valence-corrected chi connectivity index (χ1v) is 8.13. The smallest absolute Gasteiger partial charge is 0.0611 e. The number of nitrogens with zero attached hydrogens (tertiary/aromatic N) is 1. The fourth-order valence-corrected chi connectivity index (χ4v) is 3.20. The Morgan fingerprint density at radius 1 is 1.40 bits per heavy atom. The summed E-state index contributed by atoms with van der Waals surface area (Å²) in [6.07, 6.45) is 4.57. The van der Waals surface area contributed by atoms with Crippen LogP contribution in [0.5, 0.6) is 0 Å². The summed E-state index contributed by atoms with van der Waals surface area (Å²) >= 11 is 0. The summed E-state index contributed by atoms with van der Waals surface area (Å²) in [5.74, 6) is 0.728. The number of aliphatic hydroxyl groups is 1. The minimum Gasteiger partial charge on any atom is -0.394 e. The van der Waals surface area contributed by atoms with Crippen LogP contribution in [0.2, 0.25) is 0 Å². The molecule has 0 saturated carbocycles. The monoisotopic (exact) mass is 286 g/mol. The molecule has 2 unspecified atom stereocenters. The second-order valence-corrected chi connectivity index (χ2v) is 6.63. The number of rotatable bonds is 9. The van der Waals surface area contributed by atoms with E-state index in [9.17, 15) is 5.11 Å². The van der Waals surface area contributed by atoms with Crippen LogP contribution in [0.25, 0.3) is 0 Å². The molecule has 0 radical (unpaired) electrons. The van der Waals surface area contributed by atoms with E-state index in [0.29, 0.717) is 6.04 Å². The lowest BCUT2D eigenvalue weighted by Crippen LogP contribution is -2.52. The first kappa shape index (κ1) is 17.9. The molecule has 1 rings (SSSR count). The minimum absolute atomic E-state index is 0.154. The van der Waals surface area contributed by atoms with E-state index in [1.165, 1.54) is 12.8 Å². The van der Waals surface area contributed by atoms with E-state index in [0.717, 1.165) is 45.0 Å². The van der Waals surface area contributed by atoms with Crippen LogP contribution in [0.15, 0.2) is 0 Å². The van der Waals surface area contributed by atoms with Gasteiger partial charge < -0.3 is 20.1 Å². The molecule has 1 fully saturated rings. The molecule has 1 aliphatic rings. The lowest BCUT2D eigenvalue weighted by Gasteiger charge is -2.40. The van der Waals surface area contributed by atoms with Gasteiger partial charge in [0.1, 0.15) is 0 Å². The number of hydrogen-bond donors (Lipinski definition) is 2. The largest absolute Gasteiger partial charge is 0.394 e. The first-order chi connectivity index (χ1) is 9.54. The van der Waals surface area contributed by atoms with Gasteiger partial charge in [0, 0.05) is 25.3 Å². The van der Waals surface area contributed by atoms with Crippen molar-refractivity contribution in [1.29, 1.82) is 0 Å². The zero-order valence-corrected chi connectivity index (χ0v) is 13.8. The van der Waals surface area contributed by atoms with Crippen LogP contribution in [0.1, 0.15) is 46.5 Å². The summed E-state index contributed by atoms with van der Waals surface area (Å²) in [6.45, 7) is 11.0. The van der Waals surface area contributed by atoms with Crippen molar-refractivity contribution in [2.24, 2.45) is 5.92 Å². The summed E-state index contributed by atoms with van der Waals surface area (Å²) in [6, 6.07) is 0.514. The van der Waals surface area contributed by atoms with Crippen LogP contribution in [0, 0.1) is 5.92 Å². The van der Waals surface area contributed by atoms with E-state index in [4.69, 9.17) is 4.74 Å². The highest BCUT2D eigenvalue weighted by Crippen LogP contribution is 2.23. The van der Waals surface area contributed by atoms with Gasteiger partial charge in [0.25, 0.3) is 0 Å². The summed E-state index contributed by atoms with van der Waals surface area (Å²) in [5, 5.41) is 13.2. The Kier molecular flexibility index (Phi) is 8.03. The van der Waals surface area contributed by atoms with E-state index in [2.05, 4.69) is 31.0 Å². The van der Waals surface area contributed by atoms with Crippen LogP contribution >= 0.6 is 0 Å².